The fourth-order valence-corrected chi connectivity index (χ4v) is 2.93. The van der Waals surface area contributed by atoms with Crippen molar-refractivity contribution in [1.82, 2.24) is 19.6 Å². The van der Waals surface area contributed by atoms with Gasteiger partial charge in [0.25, 0.3) is 0 Å². The van der Waals surface area contributed by atoms with Crippen LogP contribution in [0.4, 0.5) is 5.82 Å². The highest BCUT2D eigenvalue weighted by atomic mass is 35.5. The minimum atomic E-state index is 0.354. The molecule has 0 spiro atoms. The number of pyridine rings is 2. The van der Waals surface area contributed by atoms with Crippen LogP contribution in [0.25, 0.3) is 5.65 Å². The van der Waals surface area contributed by atoms with E-state index in [0.717, 1.165) is 5.65 Å². The first kappa shape index (κ1) is 13.4. The number of halogens is 2. The Labute approximate surface area is 128 Å². The molecule has 3 N–H and O–H groups in total. The smallest absolute Gasteiger partial charge is 0.201 e. The zero-order chi connectivity index (χ0) is 14.1. The molecule has 0 amide bonds. The van der Waals surface area contributed by atoms with Crippen LogP contribution in [0.3, 0.4) is 0 Å². The summed E-state index contributed by atoms with van der Waals surface area (Å²) in [7, 11) is 0. The third kappa shape index (κ3) is 2.40. The number of hydrogen-bond donors (Lipinski definition) is 2. The van der Waals surface area contributed by atoms with E-state index in [1.807, 2.05) is 28.8 Å². The van der Waals surface area contributed by atoms with Crippen molar-refractivity contribution in [1.29, 1.82) is 0 Å². The van der Waals surface area contributed by atoms with Crippen molar-refractivity contribution < 1.29 is 0 Å². The van der Waals surface area contributed by atoms with Gasteiger partial charge in [-0.3, -0.25) is 4.40 Å². The van der Waals surface area contributed by atoms with Crippen molar-refractivity contribution in [3.8, 4) is 0 Å². The van der Waals surface area contributed by atoms with Gasteiger partial charge >= 0.3 is 0 Å². The van der Waals surface area contributed by atoms with Crippen LogP contribution in [-0.4, -0.2) is 19.6 Å². The average molecular weight is 327 g/mol. The van der Waals surface area contributed by atoms with E-state index in [2.05, 4.69) is 20.6 Å². The van der Waals surface area contributed by atoms with E-state index in [9.17, 15) is 0 Å². The molecule has 0 saturated carbocycles. The summed E-state index contributed by atoms with van der Waals surface area (Å²) in [5.74, 6) is 5.71. The number of hydrogen-bond acceptors (Lipinski definition) is 6. The molecule has 0 unspecified atom stereocenters. The molecule has 3 rings (SSSR count). The van der Waals surface area contributed by atoms with Crippen LogP contribution in [0.2, 0.25) is 10.0 Å². The maximum absolute atomic E-state index is 6.13. The van der Waals surface area contributed by atoms with Gasteiger partial charge in [-0.1, -0.05) is 29.3 Å². The molecule has 0 aromatic carbocycles. The number of aromatic nitrogens is 4. The first-order valence-corrected chi connectivity index (χ1v) is 7.06. The number of nitrogens with two attached hydrogens (primary N) is 1. The molecule has 6 nitrogen and oxygen atoms in total. The Kier molecular flexibility index (Phi) is 3.66. The quantitative estimate of drug-likeness (QED) is 0.569. The molecule has 0 saturated heterocycles. The molecule has 0 fully saturated rings. The van der Waals surface area contributed by atoms with Gasteiger partial charge in [0.2, 0.25) is 5.16 Å². The fraction of sp³-hybridized carbons (Fsp3) is 0. The van der Waals surface area contributed by atoms with Gasteiger partial charge in [-0.2, -0.15) is 0 Å². The van der Waals surface area contributed by atoms with E-state index in [-0.39, 0.29) is 0 Å². The summed E-state index contributed by atoms with van der Waals surface area (Å²) < 4.78 is 1.84. The van der Waals surface area contributed by atoms with Crippen LogP contribution in [-0.2, 0) is 0 Å². The molecule has 0 aliphatic rings. The summed E-state index contributed by atoms with van der Waals surface area (Å²) in [5, 5.41) is 10.1. The first-order chi connectivity index (χ1) is 9.69. The first-order valence-electron chi connectivity index (χ1n) is 5.49. The maximum atomic E-state index is 6.13. The predicted molar refractivity (Wildman–Crippen MR) is 79.2 cm³/mol. The van der Waals surface area contributed by atoms with Gasteiger partial charge in [-0.15, -0.1) is 10.2 Å². The van der Waals surface area contributed by atoms with Gasteiger partial charge in [0.05, 0.1) is 10.0 Å². The van der Waals surface area contributed by atoms with Crippen molar-refractivity contribution >= 4 is 46.4 Å². The molecule has 3 heterocycles. The molecule has 3 aromatic heterocycles. The van der Waals surface area contributed by atoms with Crippen LogP contribution in [0.5, 0.6) is 0 Å². The Morgan fingerprint density at radius 1 is 1.20 bits per heavy atom. The summed E-state index contributed by atoms with van der Waals surface area (Å²) in [6.07, 6.45) is 1.86. The Morgan fingerprint density at radius 2 is 2.05 bits per heavy atom. The van der Waals surface area contributed by atoms with E-state index in [0.29, 0.717) is 26.0 Å². The maximum Gasteiger partial charge on any atom is 0.201 e. The van der Waals surface area contributed by atoms with Crippen LogP contribution in [0.1, 0.15) is 0 Å². The van der Waals surface area contributed by atoms with Crippen LogP contribution >= 0.6 is 35.0 Å². The van der Waals surface area contributed by atoms with Crippen molar-refractivity contribution in [3.05, 3.63) is 40.5 Å². The summed E-state index contributed by atoms with van der Waals surface area (Å²) in [4.78, 5) is 4.25. The number of nitrogen functional groups attached to an aromatic ring is 1. The van der Waals surface area contributed by atoms with Gasteiger partial charge in [0, 0.05) is 6.20 Å². The summed E-state index contributed by atoms with van der Waals surface area (Å²) >= 11 is 13.4. The Hall–Kier alpha value is -1.54. The second-order valence-corrected chi connectivity index (χ2v) is 5.53. The normalized spacial score (nSPS) is 10.9. The van der Waals surface area contributed by atoms with E-state index in [4.69, 9.17) is 29.0 Å². The number of anilines is 1. The largest absolute Gasteiger partial charge is 0.307 e. The SMILES string of the molecule is NNc1nc(Sc2nnc3ccccn23)c(Cl)cc1Cl. The third-order valence-corrected chi connectivity index (χ3v) is 4.16. The fourth-order valence-electron chi connectivity index (χ4n) is 1.60. The summed E-state index contributed by atoms with van der Waals surface area (Å²) in [5.41, 5.74) is 3.17. The Bertz CT molecular complexity index is 775. The molecule has 0 aliphatic carbocycles. The van der Waals surface area contributed by atoms with Crippen LogP contribution < -0.4 is 11.3 Å². The highest BCUT2D eigenvalue weighted by molar-refractivity contribution is 7.99. The lowest BCUT2D eigenvalue weighted by Gasteiger charge is -2.07. The number of nitrogens with one attached hydrogen (secondary N) is 1. The van der Waals surface area contributed by atoms with Crippen molar-refractivity contribution in [3.63, 3.8) is 0 Å². The number of hydrazine groups is 1. The van der Waals surface area contributed by atoms with E-state index >= 15 is 0 Å². The van der Waals surface area contributed by atoms with Crippen LogP contribution in [0.15, 0.2) is 40.6 Å². The second kappa shape index (κ2) is 5.45. The van der Waals surface area contributed by atoms with Gasteiger partial charge < -0.3 is 5.43 Å². The monoisotopic (exact) mass is 326 g/mol. The molecule has 20 heavy (non-hydrogen) atoms. The van der Waals surface area contributed by atoms with Gasteiger partial charge in [-0.05, 0) is 30.0 Å². The molecule has 0 bridgehead atoms. The van der Waals surface area contributed by atoms with Crippen molar-refractivity contribution in [2.24, 2.45) is 5.84 Å². The topological polar surface area (TPSA) is 81.1 Å². The molecular weight excluding hydrogens is 319 g/mol. The highest BCUT2D eigenvalue weighted by Crippen LogP contribution is 2.34. The molecule has 0 atom stereocenters. The molecule has 3 aromatic rings. The zero-order valence-corrected chi connectivity index (χ0v) is 12.2. The van der Waals surface area contributed by atoms with E-state index in [1.54, 1.807) is 6.07 Å². The Morgan fingerprint density at radius 3 is 2.85 bits per heavy atom. The average Bonchev–Trinajstić information content (AvgIpc) is 2.85. The Balaban J connectivity index is 2.03. The molecule has 9 heteroatoms. The predicted octanol–water partition coefficient (Wildman–Crippen LogP) is 2.87. The van der Waals surface area contributed by atoms with Crippen LogP contribution in [0, 0.1) is 0 Å². The number of nitrogens with zero attached hydrogens (tertiary/aromatic N) is 4. The second-order valence-electron chi connectivity index (χ2n) is 3.76. The lowest BCUT2D eigenvalue weighted by atomic mass is 10.4. The zero-order valence-electron chi connectivity index (χ0n) is 9.92. The van der Waals surface area contributed by atoms with E-state index < -0.39 is 0 Å². The third-order valence-electron chi connectivity index (χ3n) is 2.50. The van der Waals surface area contributed by atoms with E-state index in [1.165, 1.54) is 11.8 Å². The van der Waals surface area contributed by atoms with Gasteiger partial charge in [0.15, 0.2) is 11.5 Å². The minimum absolute atomic E-state index is 0.354. The molecule has 102 valence electrons. The van der Waals surface area contributed by atoms with Gasteiger partial charge in [-0.25, -0.2) is 10.8 Å². The van der Waals surface area contributed by atoms with Crippen molar-refractivity contribution in [2.45, 2.75) is 10.2 Å². The van der Waals surface area contributed by atoms with Gasteiger partial charge in [0.1, 0.15) is 5.03 Å². The molecular formula is C11H8Cl2N6S. The number of fused-ring (bicyclic) bond motifs is 1. The molecule has 0 radical (unpaired) electrons. The number of rotatable bonds is 3. The highest BCUT2D eigenvalue weighted by Gasteiger charge is 2.13. The lowest BCUT2D eigenvalue weighted by molar-refractivity contribution is 0.917. The van der Waals surface area contributed by atoms with Crippen molar-refractivity contribution in [2.75, 3.05) is 5.43 Å². The summed E-state index contributed by atoms with van der Waals surface area (Å²) in [6.45, 7) is 0. The minimum Gasteiger partial charge on any atom is -0.307 e. The molecule has 0 aliphatic heterocycles. The summed E-state index contributed by atoms with van der Waals surface area (Å²) in [6, 6.07) is 7.23. The standard InChI is InChI=1S/C11H8Cl2N6S/c12-6-5-7(13)10(15-9(6)16-14)20-11-18-17-8-3-1-2-4-19(8)11/h1-5H,14H2,(H,15,16). The lowest BCUT2D eigenvalue weighted by Crippen LogP contribution is -2.09.